The minimum absolute atomic E-state index is 0.257. The van der Waals surface area contributed by atoms with E-state index in [9.17, 15) is 5.26 Å². The third-order valence-corrected chi connectivity index (χ3v) is 5.95. The van der Waals surface area contributed by atoms with Gasteiger partial charge in [0.25, 0.3) is 0 Å². The third-order valence-electron chi connectivity index (χ3n) is 5.71. The van der Waals surface area contributed by atoms with E-state index in [0.717, 1.165) is 43.9 Å². The van der Waals surface area contributed by atoms with Gasteiger partial charge in [0, 0.05) is 43.1 Å². The largest absolute Gasteiger partial charge is 0.351 e. The van der Waals surface area contributed by atoms with E-state index in [2.05, 4.69) is 36.1 Å². The van der Waals surface area contributed by atoms with Crippen molar-refractivity contribution in [1.29, 1.82) is 5.26 Å². The van der Waals surface area contributed by atoms with Crippen LogP contribution in [0.15, 0.2) is 42.9 Å². The molecule has 0 spiro atoms. The Labute approximate surface area is 173 Å². The standard InChI is InChI=1S/C20H19ClN8/c21-14-2-1-3-15(10-14)29-13-18(25-26-29)19-5-4-16-12-27(8-9-28(16)19)20-17(11-22)23-6-7-24-20/h1-3,6-7,10,13,16,19H,4-5,8-9,12H2. The maximum atomic E-state index is 9.33. The number of benzene rings is 1. The van der Waals surface area contributed by atoms with Gasteiger partial charge < -0.3 is 4.90 Å². The van der Waals surface area contributed by atoms with Crippen LogP contribution in [0.25, 0.3) is 5.69 Å². The Morgan fingerprint density at radius 3 is 2.90 bits per heavy atom. The van der Waals surface area contributed by atoms with Crippen molar-refractivity contribution in [3.8, 4) is 11.8 Å². The number of fused-ring (bicyclic) bond motifs is 1. The molecule has 0 N–H and O–H groups in total. The van der Waals surface area contributed by atoms with Gasteiger partial charge in [-0.05, 0) is 31.0 Å². The van der Waals surface area contributed by atoms with Gasteiger partial charge in [-0.15, -0.1) is 5.10 Å². The van der Waals surface area contributed by atoms with Crippen molar-refractivity contribution in [2.75, 3.05) is 24.5 Å². The molecule has 2 aliphatic rings. The summed E-state index contributed by atoms with van der Waals surface area (Å²) in [5.41, 5.74) is 2.28. The zero-order valence-corrected chi connectivity index (χ0v) is 16.4. The molecule has 2 unspecified atom stereocenters. The highest BCUT2D eigenvalue weighted by atomic mass is 35.5. The third kappa shape index (κ3) is 3.33. The van der Waals surface area contributed by atoms with E-state index in [-0.39, 0.29) is 6.04 Å². The number of hydrogen-bond acceptors (Lipinski definition) is 7. The Morgan fingerprint density at radius 1 is 1.14 bits per heavy atom. The normalized spacial score (nSPS) is 21.7. The number of hydrogen-bond donors (Lipinski definition) is 0. The second-order valence-corrected chi connectivity index (χ2v) is 7.78. The van der Waals surface area contributed by atoms with Gasteiger partial charge in [0.2, 0.25) is 0 Å². The van der Waals surface area contributed by atoms with Gasteiger partial charge in [0.1, 0.15) is 11.8 Å². The first-order valence-corrected chi connectivity index (χ1v) is 10.0. The average Bonchev–Trinajstić information content (AvgIpc) is 3.40. The molecule has 29 heavy (non-hydrogen) atoms. The number of nitriles is 1. The zero-order chi connectivity index (χ0) is 19.8. The van der Waals surface area contributed by atoms with E-state index in [0.29, 0.717) is 22.6 Å². The molecule has 1 aromatic carbocycles. The summed E-state index contributed by atoms with van der Waals surface area (Å²) in [6, 6.07) is 10.4. The average molecular weight is 407 g/mol. The van der Waals surface area contributed by atoms with Crippen molar-refractivity contribution in [2.45, 2.75) is 24.9 Å². The summed E-state index contributed by atoms with van der Waals surface area (Å²) in [6.45, 7) is 2.54. The lowest BCUT2D eigenvalue weighted by molar-refractivity contribution is 0.173. The van der Waals surface area contributed by atoms with Gasteiger partial charge in [-0.3, -0.25) is 4.90 Å². The molecule has 0 bridgehead atoms. The van der Waals surface area contributed by atoms with Gasteiger partial charge in [-0.1, -0.05) is 22.9 Å². The van der Waals surface area contributed by atoms with Crippen LogP contribution in [-0.2, 0) is 0 Å². The number of halogens is 1. The highest BCUT2D eigenvalue weighted by Crippen LogP contribution is 2.38. The van der Waals surface area contributed by atoms with Gasteiger partial charge in [0.05, 0.1) is 17.9 Å². The van der Waals surface area contributed by atoms with E-state index >= 15 is 0 Å². The quantitative estimate of drug-likeness (QED) is 0.660. The minimum Gasteiger partial charge on any atom is -0.351 e. The molecule has 2 aliphatic heterocycles. The fraction of sp³-hybridized carbons (Fsp3) is 0.350. The summed E-state index contributed by atoms with van der Waals surface area (Å²) in [4.78, 5) is 13.2. The Kier molecular flexibility index (Phi) is 4.62. The second kappa shape index (κ2) is 7.43. The van der Waals surface area contributed by atoms with Gasteiger partial charge in [-0.2, -0.15) is 5.26 Å². The lowest BCUT2D eigenvalue weighted by atomic mass is 10.1. The Hall–Kier alpha value is -3.02. The smallest absolute Gasteiger partial charge is 0.183 e. The molecule has 0 aliphatic carbocycles. The van der Waals surface area contributed by atoms with Crippen LogP contribution < -0.4 is 4.90 Å². The van der Waals surface area contributed by atoms with Crippen LogP contribution in [0, 0.1) is 11.3 Å². The van der Waals surface area contributed by atoms with Gasteiger partial charge >= 0.3 is 0 Å². The Morgan fingerprint density at radius 2 is 2.03 bits per heavy atom. The SMILES string of the molecule is N#Cc1nccnc1N1CCN2C(CCC2c2cn(-c3cccc(Cl)c3)nn2)C1. The van der Waals surface area contributed by atoms with Crippen LogP contribution in [0.3, 0.4) is 0 Å². The topological polar surface area (TPSA) is 86.8 Å². The van der Waals surface area contributed by atoms with Crippen LogP contribution in [0.2, 0.25) is 5.02 Å². The molecular formula is C20H19ClN8. The molecule has 5 rings (SSSR count). The molecule has 0 amide bonds. The predicted molar refractivity (Wildman–Crippen MR) is 108 cm³/mol. The predicted octanol–water partition coefficient (Wildman–Crippen LogP) is 2.61. The molecule has 8 nitrogen and oxygen atoms in total. The molecule has 2 aromatic heterocycles. The number of piperazine rings is 1. The van der Waals surface area contributed by atoms with Crippen molar-refractivity contribution < 1.29 is 0 Å². The maximum absolute atomic E-state index is 9.33. The molecule has 4 heterocycles. The molecular weight excluding hydrogens is 388 g/mol. The van der Waals surface area contributed by atoms with E-state index in [1.165, 1.54) is 0 Å². The highest BCUT2D eigenvalue weighted by molar-refractivity contribution is 6.30. The van der Waals surface area contributed by atoms with Crippen molar-refractivity contribution in [3.63, 3.8) is 0 Å². The Balaban J connectivity index is 1.33. The number of anilines is 1. The fourth-order valence-electron chi connectivity index (χ4n) is 4.38. The first kappa shape index (κ1) is 18.0. The maximum Gasteiger partial charge on any atom is 0.183 e. The van der Waals surface area contributed by atoms with E-state index in [1.54, 1.807) is 17.1 Å². The lowest BCUT2D eigenvalue weighted by Gasteiger charge is -2.40. The second-order valence-electron chi connectivity index (χ2n) is 7.34. The van der Waals surface area contributed by atoms with Crippen molar-refractivity contribution >= 4 is 17.4 Å². The molecule has 0 radical (unpaired) electrons. The Bertz CT molecular complexity index is 1070. The van der Waals surface area contributed by atoms with Gasteiger partial charge in [-0.25, -0.2) is 14.6 Å². The van der Waals surface area contributed by atoms with Crippen LogP contribution in [0.1, 0.15) is 30.3 Å². The van der Waals surface area contributed by atoms with Crippen molar-refractivity contribution in [3.05, 3.63) is 59.3 Å². The number of aromatic nitrogens is 5. The summed E-state index contributed by atoms with van der Waals surface area (Å²) < 4.78 is 1.78. The van der Waals surface area contributed by atoms with E-state index < -0.39 is 0 Å². The first-order valence-electron chi connectivity index (χ1n) is 9.63. The van der Waals surface area contributed by atoms with Crippen LogP contribution in [0.5, 0.6) is 0 Å². The minimum atomic E-state index is 0.257. The zero-order valence-electron chi connectivity index (χ0n) is 15.7. The van der Waals surface area contributed by atoms with Crippen LogP contribution in [-0.4, -0.2) is 55.5 Å². The number of nitrogens with zero attached hydrogens (tertiary/aromatic N) is 8. The molecule has 146 valence electrons. The van der Waals surface area contributed by atoms with E-state index in [1.807, 2.05) is 30.5 Å². The first-order chi connectivity index (χ1) is 14.2. The fourth-order valence-corrected chi connectivity index (χ4v) is 4.56. The summed E-state index contributed by atoms with van der Waals surface area (Å²) in [7, 11) is 0. The lowest BCUT2D eigenvalue weighted by Crippen LogP contribution is -2.51. The molecule has 2 atom stereocenters. The summed E-state index contributed by atoms with van der Waals surface area (Å²) in [5, 5.41) is 18.8. The monoisotopic (exact) mass is 406 g/mol. The summed E-state index contributed by atoms with van der Waals surface area (Å²) in [5.74, 6) is 0.685. The summed E-state index contributed by atoms with van der Waals surface area (Å²) in [6.07, 6.45) is 7.33. The molecule has 9 heteroatoms. The van der Waals surface area contributed by atoms with Crippen LogP contribution in [0.4, 0.5) is 5.82 Å². The van der Waals surface area contributed by atoms with Gasteiger partial charge in [0.15, 0.2) is 11.5 Å². The van der Waals surface area contributed by atoms with Crippen molar-refractivity contribution in [1.82, 2.24) is 29.9 Å². The highest BCUT2D eigenvalue weighted by Gasteiger charge is 2.40. The van der Waals surface area contributed by atoms with Crippen molar-refractivity contribution in [2.24, 2.45) is 0 Å². The van der Waals surface area contributed by atoms with Crippen LogP contribution >= 0.6 is 11.6 Å². The summed E-state index contributed by atoms with van der Waals surface area (Å²) >= 11 is 6.10. The molecule has 2 saturated heterocycles. The molecule has 0 saturated carbocycles. The molecule has 2 fully saturated rings. The molecule has 3 aromatic rings. The van der Waals surface area contributed by atoms with E-state index in [4.69, 9.17) is 11.6 Å². The number of rotatable bonds is 3.